The molecule has 0 bridgehead atoms. The Morgan fingerprint density at radius 3 is 2.53 bits per heavy atom. The summed E-state index contributed by atoms with van der Waals surface area (Å²) in [6, 6.07) is 22.6. The number of ether oxygens (including phenoxy) is 1. The van der Waals surface area contributed by atoms with Gasteiger partial charge in [0.2, 0.25) is 0 Å². The molecule has 0 saturated heterocycles. The lowest BCUT2D eigenvalue weighted by Gasteiger charge is -2.12. The van der Waals surface area contributed by atoms with Gasteiger partial charge in [0.15, 0.2) is 18.1 Å². The van der Waals surface area contributed by atoms with Crippen molar-refractivity contribution < 1.29 is 18.7 Å². The molecular formula is C25H20FN5O3. The normalized spacial score (nSPS) is 11.2. The molecule has 0 atom stereocenters. The molecule has 170 valence electrons. The van der Waals surface area contributed by atoms with Gasteiger partial charge >= 0.3 is 5.97 Å². The van der Waals surface area contributed by atoms with Gasteiger partial charge < -0.3 is 10.1 Å². The summed E-state index contributed by atoms with van der Waals surface area (Å²) in [7, 11) is 0. The molecule has 34 heavy (non-hydrogen) atoms. The minimum atomic E-state index is -0.842. The third-order valence-corrected chi connectivity index (χ3v) is 4.84. The number of carbonyl (C=O) groups is 2. The van der Waals surface area contributed by atoms with Gasteiger partial charge in [-0.3, -0.25) is 4.79 Å². The van der Waals surface area contributed by atoms with E-state index in [0.717, 1.165) is 15.8 Å². The van der Waals surface area contributed by atoms with Crippen LogP contribution in [-0.2, 0) is 14.3 Å². The van der Waals surface area contributed by atoms with Gasteiger partial charge in [0.05, 0.1) is 0 Å². The van der Waals surface area contributed by atoms with Crippen molar-refractivity contribution in [2.75, 3.05) is 11.9 Å². The van der Waals surface area contributed by atoms with Crippen molar-refractivity contribution in [3.8, 4) is 11.1 Å². The number of para-hydroxylation sites is 1. The molecule has 4 rings (SSSR count). The van der Waals surface area contributed by atoms with Crippen LogP contribution in [0, 0.1) is 12.7 Å². The maximum absolute atomic E-state index is 13.6. The monoisotopic (exact) mass is 457 g/mol. The van der Waals surface area contributed by atoms with Crippen LogP contribution in [0.5, 0.6) is 0 Å². The topological polar surface area (TPSA) is 99.0 Å². The zero-order valence-corrected chi connectivity index (χ0v) is 18.2. The van der Waals surface area contributed by atoms with E-state index in [9.17, 15) is 14.0 Å². The molecular weight excluding hydrogens is 437 g/mol. The Morgan fingerprint density at radius 2 is 1.79 bits per heavy atom. The van der Waals surface area contributed by atoms with Gasteiger partial charge in [-0.1, -0.05) is 60.7 Å². The first kappa shape index (κ1) is 22.5. The number of halogens is 1. The standard InChI is InChI=1S/C25H20FN5O3/c1-17-28-29-30-31(17)23(15-18-8-7-11-20(26)14-18)25(33)34-16-24(32)27-22-13-6-5-12-21(22)19-9-3-2-4-10-19/h2-15H,16H2,1H3,(H,27,32)/b23-15+. The van der Waals surface area contributed by atoms with E-state index in [-0.39, 0.29) is 5.70 Å². The van der Waals surface area contributed by atoms with Gasteiger partial charge in [-0.2, -0.15) is 4.68 Å². The zero-order valence-electron chi connectivity index (χ0n) is 18.2. The fourth-order valence-corrected chi connectivity index (χ4v) is 3.27. The van der Waals surface area contributed by atoms with Crippen molar-refractivity contribution in [1.82, 2.24) is 20.2 Å². The lowest BCUT2D eigenvalue weighted by atomic mass is 10.0. The Hall–Kier alpha value is -4.66. The number of esters is 1. The molecule has 0 radical (unpaired) electrons. The highest BCUT2D eigenvalue weighted by Crippen LogP contribution is 2.27. The van der Waals surface area contributed by atoms with E-state index in [1.165, 1.54) is 24.3 Å². The SMILES string of the molecule is Cc1nnnn1/C(=C/c1cccc(F)c1)C(=O)OCC(=O)Nc1ccccc1-c1ccccc1. The molecule has 0 aliphatic rings. The number of tetrazole rings is 1. The van der Waals surface area contributed by atoms with Crippen LogP contribution in [0.1, 0.15) is 11.4 Å². The molecule has 0 spiro atoms. The number of nitrogens with one attached hydrogen (secondary N) is 1. The number of carbonyl (C=O) groups excluding carboxylic acids is 2. The van der Waals surface area contributed by atoms with E-state index in [4.69, 9.17) is 4.74 Å². The van der Waals surface area contributed by atoms with Crippen LogP contribution >= 0.6 is 0 Å². The number of aryl methyl sites for hydroxylation is 1. The number of nitrogens with zero attached hydrogens (tertiary/aromatic N) is 4. The number of anilines is 1. The van der Waals surface area contributed by atoms with Crippen LogP contribution < -0.4 is 5.32 Å². The first-order chi connectivity index (χ1) is 16.5. The Morgan fingerprint density at radius 1 is 1.03 bits per heavy atom. The second-order valence-corrected chi connectivity index (χ2v) is 7.26. The fourth-order valence-electron chi connectivity index (χ4n) is 3.27. The van der Waals surface area contributed by atoms with E-state index >= 15 is 0 Å². The van der Waals surface area contributed by atoms with Crippen LogP contribution in [0.15, 0.2) is 78.9 Å². The van der Waals surface area contributed by atoms with Crippen LogP contribution in [0.25, 0.3) is 22.9 Å². The molecule has 0 aliphatic carbocycles. The predicted octanol–water partition coefficient (Wildman–Crippen LogP) is 3.97. The summed E-state index contributed by atoms with van der Waals surface area (Å²) < 4.78 is 20.0. The number of benzene rings is 3. The molecule has 1 heterocycles. The highest BCUT2D eigenvalue weighted by molar-refractivity contribution is 6.15. The Labute approximate surface area is 194 Å². The number of aromatic nitrogens is 4. The van der Waals surface area contributed by atoms with E-state index in [2.05, 4.69) is 20.8 Å². The molecule has 1 aromatic heterocycles. The first-order valence-electron chi connectivity index (χ1n) is 10.4. The molecule has 0 saturated carbocycles. The summed E-state index contributed by atoms with van der Waals surface area (Å²) in [6.45, 7) is 1.06. The molecule has 0 aliphatic heterocycles. The van der Waals surface area contributed by atoms with E-state index in [1.54, 1.807) is 25.1 Å². The van der Waals surface area contributed by atoms with Gasteiger partial charge in [0.25, 0.3) is 5.91 Å². The third kappa shape index (κ3) is 5.39. The maximum atomic E-state index is 13.6. The van der Waals surface area contributed by atoms with Gasteiger partial charge in [-0.05, 0) is 52.8 Å². The summed E-state index contributed by atoms with van der Waals surface area (Å²) in [5.41, 5.74) is 2.69. The number of hydrogen-bond acceptors (Lipinski definition) is 6. The lowest BCUT2D eigenvalue weighted by molar-refractivity contribution is -0.141. The van der Waals surface area contributed by atoms with E-state index in [0.29, 0.717) is 17.1 Å². The first-order valence-corrected chi connectivity index (χ1v) is 10.4. The number of amides is 1. The van der Waals surface area contributed by atoms with Gasteiger partial charge in [-0.25, -0.2) is 9.18 Å². The Bertz CT molecular complexity index is 1350. The summed E-state index contributed by atoms with van der Waals surface area (Å²) >= 11 is 0. The quantitative estimate of drug-likeness (QED) is 0.333. The predicted molar refractivity (Wildman–Crippen MR) is 125 cm³/mol. The number of rotatable bonds is 7. The molecule has 1 amide bonds. The maximum Gasteiger partial charge on any atom is 0.357 e. The fraction of sp³-hybridized carbons (Fsp3) is 0.0800. The molecule has 8 nitrogen and oxygen atoms in total. The molecule has 9 heteroatoms. The summed E-state index contributed by atoms with van der Waals surface area (Å²) in [5, 5.41) is 13.9. The minimum absolute atomic E-state index is 0.0643. The van der Waals surface area contributed by atoms with Gasteiger partial charge in [0.1, 0.15) is 5.82 Å². The van der Waals surface area contributed by atoms with E-state index < -0.39 is 24.3 Å². The average molecular weight is 457 g/mol. The second-order valence-electron chi connectivity index (χ2n) is 7.26. The van der Waals surface area contributed by atoms with Crippen molar-refractivity contribution in [2.24, 2.45) is 0 Å². The lowest BCUT2D eigenvalue weighted by Crippen LogP contribution is -2.23. The third-order valence-electron chi connectivity index (χ3n) is 4.84. The highest BCUT2D eigenvalue weighted by atomic mass is 19.1. The Balaban J connectivity index is 1.50. The van der Waals surface area contributed by atoms with Crippen LogP contribution in [0.2, 0.25) is 0 Å². The number of hydrogen-bond donors (Lipinski definition) is 1. The average Bonchev–Trinajstić information content (AvgIpc) is 3.27. The van der Waals surface area contributed by atoms with E-state index in [1.807, 2.05) is 42.5 Å². The van der Waals surface area contributed by atoms with Crippen molar-refractivity contribution in [1.29, 1.82) is 0 Å². The molecule has 0 fully saturated rings. The molecule has 1 N–H and O–H groups in total. The van der Waals surface area contributed by atoms with Crippen molar-refractivity contribution in [2.45, 2.75) is 6.92 Å². The van der Waals surface area contributed by atoms with Crippen molar-refractivity contribution in [3.63, 3.8) is 0 Å². The van der Waals surface area contributed by atoms with Gasteiger partial charge in [-0.15, -0.1) is 5.10 Å². The highest BCUT2D eigenvalue weighted by Gasteiger charge is 2.19. The summed E-state index contributed by atoms with van der Waals surface area (Å²) in [6.07, 6.45) is 1.39. The van der Waals surface area contributed by atoms with Gasteiger partial charge in [0, 0.05) is 11.3 Å². The second kappa shape index (κ2) is 10.3. The summed E-state index contributed by atoms with van der Waals surface area (Å²) in [4.78, 5) is 25.4. The van der Waals surface area contributed by atoms with Crippen molar-refractivity contribution >= 4 is 29.3 Å². The molecule has 4 aromatic rings. The van der Waals surface area contributed by atoms with Crippen molar-refractivity contribution in [3.05, 3.63) is 96.1 Å². The van der Waals surface area contributed by atoms with Crippen LogP contribution in [0.3, 0.4) is 0 Å². The molecule has 3 aromatic carbocycles. The van der Waals surface area contributed by atoms with Crippen LogP contribution in [0.4, 0.5) is 10.1 Å². The van der Waals surface area contributed by atoms with Crippen LogP contribution in [-0.4, -0.2) is 38.7 Å². The minimum Gasteiger partial charge on any atom is -0.451 e. The summed E-state index contributed by atoms with van der Waals surface area (Å²) in [5.74, 6) is -1.51. The Kier molecular flexibility index (Phi) is 6.83. The smallest absolute Gasteiger partial charge is 0.357 e. The largest absolute Gasteiger partial charge is 0.451 e. The zero-order chi connectivity index (χ0) is 23.9. The molecule has 0 unspecified atom stereocenters.